The van der Waals surface area contributed by atoms with Crippen LogP contribution in [0.1, 0.15) is 27.2 Å². The largest absolute Gasteiger partial charge is 0.316 e. The molecular weight excluding hydrogens is 160 g/mol. The highest BCUT2D eigenvalue weighted by Crippen LogP contribution is 2.17. The molecule has 0 spiro atoms. The third-order valence-electron chi connectivity index (χ3n) is 3.54. The normalized spacial score (nSPS) is 31.2. The summed E-state index contributed by atoms with van der Waals surface area (Å²) in [6, 6.07) is 0.729. The Labute approximate surface area is 82.7 Å². The van der Waals surface area contributed by atoms with E-state index in [9.17, 15) is 0 Å². The van der Waals surface area contributed by atoms with Crippen molar-refractivity contribution in [3.63, 3.8) is 0 Å². The number of nitrogens with one attached hydrogen (secondary N) is 1. The molecule has 0 radical (unpaired) electrons. The maximum Gasteiger partial charge on any atom is 0.00613 e. The van der Waals surface area contributed by atoms with Gasteiger partial charge in [-0.25, -0.2) is 0 Å². The average molecular weight is 184 g/mol. The van der Waals surface area contributed by atoms with Crippen LogP contribution in [-0.2, 0) is 0 Å². The molecule has 3 atom stereocenters. The van der Waals surface area contributed by atoms with Crippen LogP contribution in [0, 0.1) is 11.8 Å². The smallest absolute Gasteiger partial charge is 0.00613 e. The molecule has 0 aromatic heterocycles. The van der Waals surface area contributed by atoms with E-state index in [0.717, 1.165) is 17.9 Å². The molecule has 1 aliphatic rings. The van der Waals surface area contributed by atoms with Gasteiger partial charge in [0.05, 0.1) is 0 Å². The second-order valence-electron chi connectivity index (χ2n) is 4.59. The van der Waals surface area contributed by atoms with Gasteiger partial charge in [0, 0.05) is 12.6 Å². The lowest BCUT2D eigenvalue weighted by Gasteiger charge is -2.27. The van der Waals surface area contributed by atoms with Gasteiger partial charge in [-0.2, -0.15) is 0 Å². The first kappa shape index (κ1) is 11.0. The predicted octanol–water partition coefficient (Wildman–Crippen LogP) is 1.57. The number of rotatable bonds is 4. The predicted molar refractivity (Wildman–Crippen MR) is 57.9 cm³/mol. The minimum atomic E-state index is 0.729. The zero-order valence-corrected chi connectivity index (χ0v) is 9.51. The molecule has 1 saturated heterocycles. The third-order valence-corrected chi connectivity index (χ3v) is 3.54. The lowest BCUT2D eigenvalue weighted by Crippen LogP contribution is -2.35. The van der Waals surface area contributed by atoms with E-state index < -0.39 is 0 Å². The summed E-state index contributed by atoms with van der Waals surface area (Å²) in [5.41, 5.74) is 0. The topological polar surface area (TPSA) is 15.3 Å². The van der Waals surface area contributed by atoms with Gasteiger partial charge in [0.1, 0.15) is 0 Å². The van der Waals surface area contributed by atoms with Crippen LogP contribution in [0.3, 0.4) is 0 Å². The monoisotopic (exact) mass is 184 g/mol. The summed E-state index contributed by atoms with van der Waals surface area (Å²) in [5, 5.41) is 3.46. The Bertz CT molecular complexity index is 147. The molecule has 0 aromatic rings. The van der Waals surface area contributed by atoms with Crippen molar-refractivity contribution in [2.75, 3.05) is 26.7 Å². The van der Waals surface area contributed by atoms with Gasteiger partial charge in [0.2, 0.25) is 0 Å². The lowest BCUT2D eigenvalue weighted by molar-refractivity contribution is 0.203. The standard InChI is InChI=1S/C11H24N2/c1-5-10(3)13(4)8-11-7-12-6-9(11)2/h9-12H,5-8H2,1-4H3. The van der Waals surface area contributed by atoms with Crippen molar-refractivity contribution in [3.05, 3.63) is 0 Å². The number of hydrogen-bond acceptors (Lipinski definition) is 2. The second kappa shape index (κ2) is 4.97. The molecule has 0 bridgehead atoms. The zero-order chi connectivity index (χ0) is 9.84. The Hall–Kier alpha value is -0.0800. The Morgan fingerprint density at radius 1 is 1.46 bits per heavy atom. The van der Waals surface area contributed by atoms with Crippen LogP contribution in [0.2, 0.25) is 0 Å². The van der Waals surface area contributed by atoms with E-state index in [-0.39, 0.29) is 0 Å². The molecule has 0 aromatic carbocycles. The fraction of sp³-hybridized carbons (Fsp3) is 1.00. The SMILES string of the molecule is CCC(C)N(C)CC1CNCC1C. The van der Waals surface area contributed by atoms with Crippen LogP contribution in [0.4, 0.5) is 0 Å². The maximum atomic E-state index is 3.46. The van der Waals surface area contributed by atoms with E-state index in [4.69, 9.17) is 0 Å². The fourth-order valence-corrected chi connectivity index (χ4v) is 1.97. The Balaban J connectivity index is 2.30. The van der Waals surface area contributed by atoms with Crippen molar-refractivity contribution in [1.29, 1.82) is 0 Å². The number of nitrogens with zero attached hydrogens (tertiary/aromatic N) is 1. The van der Waals surface area contributed by atoms with Gasteiger partial charge < -0.3 is 10.2 Å². The van der Waals surface area contributed by atoms with Crippen LogP contribution < -0.4 is 5.32 Å². The molecule has 1 heterocycles. The molecule has 78 valence electrons. The van der Waals surface area contributed by atoms with Crippen LogP contribution >= 0.6 is 0 Å². The van der Waals surface area contributed by atoms with Gasteiger partial charge in [-0.3, -0.25) is 0 Å². The van der Waals surface area contributed by atoms with Crippen LogP contribution in [0.25, 0.3) is 0 Å². The molecule has 1 rings (SSSR count). The van der Waals surface area contributed by atoms with Crippen LogP contribution in [0.5, 0.6) is 0 Å². The molecule has 0 amide bonds. The first-order valence-electron chi connectivity index (χ1n) is 5.56. The van der Waals surface area contributed by atoms with E-state index >= 15 is 0 Å². The van der Waals surface area contributed by atoms with Crippen molar-refractivity contribution in [3.8, 4) is 0 Å². The minimum Gasteiger partial charge on any atom is -0.316 e. The third kappa shape index (κ3) is 2.96. The van der Waals surface area contributed by atoms with E-state index in [0.29, 0.717) is 0 Å². The molecule has 0 aliphatic carbocycles. The van der Waals surface area contributed by atoms with Gasteiger partial charge in [-0.1, -0.05) is 13.8 Å². The summed E-state index contributed by atoms with van der Waals surface area (Å²) in [6.45, 7) is 10.6. The molecule has 2 heteroatoms. The maximum absolute atomic E-state index is 3.46. The summed E-state index contributed by atoms with van der Waals surface area (Å²) in [6.07, 6.45) is 1.25. The van der Waals surface area contributed by atoms with Crippen molar-refractivity contribution in [2.45, 2.75) is 33.2 Å². The highest BCUT2D eigenvalue weighted by molar-refractivity contribution is 4.80. The Morgan fingerprint density at radius 3 is 2.62 bits per heavy atom. The summed E-state index contributed by atoms with van der Waals surface area (Å²) < 4.78 is 0. The molecule has 0 saturated carbocycles. The van der Waals surface area contributed by atoms with Gasteiger partial charge in [-0.05, 0) is 45.3 Å². The van der Waals surface area contributed by atoms with E-state index in [1.165, 1.54) is 26.1 Å². The van der Waals surface area contributed by atoms with Crippen molar-refractivity contribution >= 4 is 0 Å². The number of hydrogen-bond donors (Lipinski definition) is 1. The highest BCUT2D eigenvalue weighted by Gasteiger charge is 2.24. The Morgan fingerprint density at radius 2 is 2.15 bits per heavy atom. The van der Waals surface area contributed by atoms with Crippen molar-refractivity contribution < 1.29 is 0 Å². The lowest BCUT2D eigenvalue weighted by atomic mass is 9.97. The van der Waals surface area contributed by atoms with Gasteiger partial charge in [0.15, 0.2) is 0 Å². The highest BCUT2D eigenvalue weighted by atomic mass is 15.1. The van der Waals surface area contributed by atoms with Gasteiger partial charge in [0.25, 0.3) is 0 Å². The van der Waals surface area contributed by atoms with E-state index in [2.05, 4.69) is 38.0 Å². The summed E-state index contributed by atoms with van der Waals surface area (Å²) in [4.78, 5) is 2.49. The van der Waals surface area contributed by atoms with E-state index in [1.807, 2.05) is 0 Å². The zero-order valence-electron chi connectivity index (χ0n) is 9.51. The Kier molecular flexibility index (Phi) is 4.20. The molecular formula is C11H24N2. The fourth-order valence-electron chi connectivity index (χ4n) is 1.97. The summed E-state index contributed by atoms with van der Waals surface area (Å²) >= 11 is 0. The molecule has 2 nitrogen and oxygen atoms in total. The van der Waals surface area contributed by atoms with Crippen LogP contribution in [0.15, 0.2) is 0 Å². The molecule has 13 heavy (non-hydrogen) atoms. The van der Waals surface area contributed by atoms with Crippen molar-refractivity contribution in [1.82, 2.24) is 10.2 Å². The molecule has 1 fully saturated rings. The summed E-state index contributed by atoms with van der Waals surface area (Å²) in [7, 11) is 2.25. The molecule has 3 unspecified atom stereocenters. The second-order valence-corrected chi connectivity index (χ2v) is 4.59. The first-order valence-corrected chi connectivity index (χ1v) is 5.56. The quantitative estimate of drug-likeness (QED) is 0.713. The summed E-state index contributed by atoms with van der Waals surface area (Å²) in [5.74, 6) is 1.71. The molecule has 1 N–H and O–H groups in total. The van der Waals surface area contributed by atoms with Crippen molar-refractivity contribution in [2.24, 2.45) is 11.8 Å². The van der Waals surface area contributed by atoms with Gasteiger partial charge in [-0.15, -0.1) is 0 Å². The van der Waals surface area contributed by atoms with Gasteiger partial charge >= 0.3 is 0 Å². The molecule has 1 aliphatic heterocycles. The average Bonchev–Trinajstić information content (AvgIpc) is 2.50. The minimum absolute atomic E-state index is 0.729. The van der Waals surface area contributed by atoms with E-state index in [1.54, 1.807) is 0 Å². The first-order chi connectivity index (χ1) is 6.15. The van der Waals surface area contributed by atoms with Crippen LogP contribution in [-0.4, -0.2) is 37.6 Å².